The third-order valence-electron chi connectivity index (χ3n) is 4.40. The molecule has 178 valence electrons. The van der Waals surface area contributed by atoms with Crippen LogP contribution in [0.2, 0.25) is 0 Å². The molecule has 0 aromatic heterocycles. The quantitative estimate of drug-likeness (QED) is 0.357. The zero-order valence-electron chi connectivity index (χ0n) is 20.0. The number of ether oxygens (including phenoxy) is 3. The van der Waals surface area contributed by atoms with Crippen molar-refractivity contribution in [2.45, 2.75) is 34.1 Å². The number of carbonyl (C=O) groups is 2. The third kappa shape index (κ3) is 8.46. The molecule has 0 radical (unpaired) electrons. The molecule has 32 heavy (non-hydrogen) atoms. The molecule has 0 bridgehead atoms. The molecule has 2 amide bonds. The molecule has 8 heteroatoms. The van der Waals surface area contributed by atoms with Crippen LogP contribution in [0.1, 0.15) is 39.7 Å². The zero-order valence-corrected chi connectivity index (χ0v) is 20.8. The van der Waals surface area contributed by atoms with Crippen LogP contribution < -0.4 is 24.8 Å². The van der Waals surface area contributed by atoms with Gasteiger partial charge in [0, 0.05) is 24.7 Å². The summed E-state index contributed by atoms with van der Waals surface area (Å²) in [6, 6.07) is 3.43. The number of nitrogens with one attached hydrogen (secondary N) is 2. The lowest BCUT2D eigenvalue weighted by atomic mass is 10.0. The van der Waals surface area contributed by atoms with Crippen molar-refractivity contribution in [3.8, 4) is 17.2 Å². The Hall–Kier alpha value is -2.67. The summed E-state index contributed by atoms with van der Waals surface area (Å²) in [6.07, 6.45) is 2.93. The van der Waals surface area contributed by atoms with E-state index in [4.69, 9.17) is 25.8 Å². The van der Waals surface area contributed by atoms with E-state index in [1.807, 2.05) is 27.7 Å². The second kappa shape index (κ2) is 13.7. The van der Waals surface area contributed by atoms with Gasteiger partial charge in [0.15, 0.2) is 11.5 Å². The molecule has 1 aromatic carbocycles. The van der Waals surface area contributed by atoms with Crippen molar-refractivity contribution < 1.29 is 23.8 Å². The summed E-state index contributed by atoms with van der Waals surface area (Å²) < 4.78 is 16.3. The van der Waals surface area contributed by atoms with Crippen LogP contribution >= 0.6 is 11.6 Å². The third-order valence-corrected chi connectivity index (χ3v) is 4.85. The first-order valence-electron chi connectivity index (χ1n) is 10.5. The second-order valence-corrected chi connectivity index (χ2v) is 8.45. The van der Waals surface area contributed by atoms with E-state index in [1.165, 1.54) is 27.4 Å². The number of rotatable bonds is 12. The van der Waals surface area contributed by atoms with Crippen molar-refractivity contribution in [1.29, 1.82) is 0 Å². The van der Waals surface area contributed by atoms with Gasteiger partial charge in [0.1, 0.15) is 0 Å². The van der Waals surface area contributed by atoms with E-state index in [0.717, 1.165) is 0 Å². The highest BCUT2D eigenvalue weighted by Crippen LogP contribution is 2.44. The smallest absolute Gasteiger partial charge is 0.243 e. The molecule has 0 spiro atoms. The summed E-state index contributed by atoms with van der Waals surface area (Å²) in [7, 11) is 4.52. The molecule has 0 aliphatic heterocycles. The van der Waals surface area contributed by atoms with Crippen molar-refractivity contribution in [2.75, 3.05) is 34.4 Å². The minimum absolute atomic E-state index is 0.00296. The lowest BCUT2D eigenvalue weighted by molar-refractivity contribution is -0.120. The van der Waals surface area contributed by atoms with E-state index in [1.54, 1.807) is 18.2 Å². The molecule has 0 aliphatic rings. The Morgan fingerprint density at radius 1 is 0.906 bits per heavy atom. The molecule has 2 N–H and O–H groups in total. The molecule has 1 aromatic rings. The lowest BCUT2D eigenvalue weighted by Crippen LogP contribution is -2.27. The molecule has 0 fully saturated rings. The molecule has 0 saturated carbocycles. The van der Waals surface area contributed by atoms with Crippen LogP contribution in [0.4, 0.5) is 0 Å². The topological polar surface area (TPSA) is 85.9 Å². The summed E-state index contributed by atoms with van der Waals surface area (Å²) >= 11 is 6.74. The molecular weight excluding hydrogens is 432 g/mol. The van der Waals surface area contributed by atoms with Gasteiger partial charge in [-0.3, -0.25) is 9.59 Å². The Bertz CT molecular complexity index is 847. The first-order valence-corrected chi connectivity index (χ1v) is 10.9. The second-order valence-electron chi connectivity index (χ2n) is 8.07. The number of halogens is 1. The number of carbonyl (C=O) groups excluding carboxylic acids is 2. The van der Waals surface area contributed by atoms with Gasteiger partial charge in [-0.1, -0.05) is 45.4 Å². The van der Waals surface area contributed by atoms with E-state index >= 15 is 0 Å². The van der Waals surface area contributed by atoms with Crippen molar-refractivity contribution in [3.63, 3.8) is 0 Å². The molecule has 0 heterocycles. The molecule has 1 rings (SSSR count). The Morgan fingerprint density at radius 3 is 2.03 bits per heavy atom. The van der Waals surface area contributed by atoms with Gasteiger partial charge in [-0.25, -0.2) is 0 Å². The molecule has 7 nitrogen and oxygen atoms in total. The molecule has 0 atom stereocenters. The van der Waals surface area contributed by atoms with Gasteiger partial charge in [0.25, 0.3) is 0 Å². The molecule has 0 saturated heterocycles. The number of benzene rings is 1. The van der Waals surface area contributed by atoms with Crippen LogP contribution in [0.15, 0.2) is 29.9 Å². The minimum Gasteiger partial charge on any atom is -0.493 e. The Balaban J connectivity index is 3.40. The predicted molar refractivity (Wildman–Crippen MR) is 128 cm³/mol. The number of methoxy groups -OCH3 is 3. The Morgan fingerprint density at radius 2 is 1.50 bits per heavy atom. The summed E-state index contributed by atoms with van der Waals surface area (Å²) in [6.45, 7) is 9.13. The average Bonchev–Trinajstić information content (AvgIpc) is 2.77. The monoisotopic (exact) mass is 466 g/mol. The van der Waals surface area contributed by atoms with E-state index in [-0.39, 0.29) is 23.3 Å². The Kier molecular flexibility index (Phi) is 11.7. The first kappa shape index (κ1) is 27.4. The Labute approximate surface area is 196 Å². The maximum Gasteiger partial charge on any atom is 0.243 e. The van der Waals surface area contributed by atoms with Gasteiger partial charge in [0.2, 0.25) is 17.6 Å². The number of allylic oxidation sites excluding steroid dienone is 1. The predicted octanol–water partition coefficient (Wildman–Crippen LogP) is 4.15. The van der Waals surface area contributed by atoms with E-state index in [9.17, 15) is 9.59 Å². The minimum atomic E-state index is -0.262. The normalized spacial score (nSPS) is 12.1. The summed E-state index contributed by atoms with van der Waals surface area (Å²) in [5.41, 5.74) is 0.990. The van der Waals surface area contributed by atoms with E-state index in [0.29, 0.717) is 53.3 Å². The van der Waals surface area contributed by atoms with Gasteiger partial charge in [0.05, 0.1) is 32.8 Å². The molecule has 0 unspecified atom stereocenters. The van der Waals surface area contributed by atoms with Crippen LogP contribution in [0.3, 0.4) is 0 Å². The fraction of sp³-hybridized carbons (Fsp3) is 0.500. The van der Waals surface area contributed by atoms with Crippen molar-refractivity contribution in [1.82, 2.24) is 10.6 Å². The SMILES string of the molecule is COc1ccc(/C(Cl)=C(\C=C\C(=O)NCC(C)C)CC(=O)NCC(C)C)c(OC)c1OC. The number of hydrogen-bond donors (Lipinski definition) is 2. The van der Waals surface area contributed by atoms with Crippen LogP contribution in [0, 0.1) is 11.8 Å². The van der Waals surface area contributed by atoms with Crippen molar-refractivity contribution >= 4 is 28.4 Å². The largest absolute Gasteiger partial charge is 0.493 e. The summed E-state index contributed by atoms with van der Waals surface area (Å²) in [5.74, 6) is 1.41. The fourth-order valence-corrected chi connectivity index (χ4v) is 3.03. The van der Waals surface area contributed by atoms with Gasteiger partial charge in [-0.05, 0) is 29.5 Å². The summed E-state index contributed by atoms with van der Waals surface area (Å²) in [4.78, 5) is 24.7. The van der Waals surface area contributed by atoms with Gasteiger partial charge >= 0.3 is 0 Å². The van der Waals surface area contributed by atoms with Crippen LogP contribution in [0.5, 0.6) is 17.2 Å². The fourth-order valence-electron chi connectivity index (χ4n) is 2.75. The average molecular weight is 467 g/mol. The standard InChI is InChI=1S/C24H35ClN2O5/c1-15(2)13-26-20(28)11-8-17(12-21(29)27-14-16(3)4)22(25)18-9-10-19(30-5)24(32-7)23(18)31-6/h8-11,15-16H,12-14H2,1-7H3,(H,26,28)(H,27,29)/b11-8+,22-17-. The highest BCUT2D eigenvalue weighted by molar-refractivity contribution is 6.50. The van der Waals surface area contributed by atoms with Crippen LogP contribution in [-0.2, 0) is 9.59 Å². The van der Waals surface area contributed by atoms with Crippen molar-refractivity contribution in [3.05, 3.63) is 35.4 Å². The van der Waals surface area contributed by atoms with Crippen LogP contribution in [-0.4, -0.2) is 46.2 Å². The maximum atomic E-state index is 12.5. The lowest BCUT2D eigenvalue weighted by Gasteiger charge is -2.17. The van der Waals surface area contributed by atoms with Gasteiger partial charge in [-0.2, -0.15) is 0 Å². The number of hydrogen-bond acceptors (Lipinski definition) is 5. The highest BCUT2D eigenvalue weighted by Gasteiger charge is 2.20. The zero-order chi connectivity index (χ0) is 24.3. The van der Waals surface area contributed by atoms with Gasteiger partial charge < -0.3 is 24.8 Å². The highest BCUT2D eigenvalue weighted by atomic mass is 35.5. The van der Waals surface area contributed by atoms with Gasteiger partial charge in [-0.15, -0.1) is 0 Å². The first-order chi connectivity index (χ1) is 15.1. The maximum absolute atomic E-state index is 12.5. The van der Waals surface area contributed by atoms with E-state index < -0.39 is 0 Å². The molecule has 0 aliphatic carbocycles. The van der Waals surface area contributed by atoms with Crippen LogP contribution in [0.25, 0.3) is 5.03 Å². The van der Waals surface area contributed by atoms with E-state index in [2.05, 4.69) is 10.6 Å². The number of amides is 2. The molecular formula is C24H35ClN2O5. The van der Waals surface area contributed by atoms with Crippen molar-refractivity contribution in [2.24, 2.45) is 11.8 Å². The summed E-state index contributed by atoms with van der Waals surface area (Å²) in [5, 5.41) is 5.96.